The van der Waals surface area contributed by atoms with Gasteiger partial charge in [0.1, 0.15) is 0 Å². The van der Waals surface area contributed by atoms with Crippen LogP contribution in [-0.4, -0.2) is 61.0 Å². The summed E-state index contributed by atoms with van der Waals surface area (Å²) in [6.07, 6.45) is 10.9. The summed E-state index contributed by atoms with van der Waals surface area (Å²) in [5, 5.41) is 3.40. The Morgan fingerprint density at radius 2 is 1.50 bits per heavy atom. The average molecular weight is 380 g/mol. The molecular formula is C18H35Cl2N3O. The second kappa shape index (κ2) is 11.6. The summed E-state index contributed by atoms with van der Waals surface area (Å²) in [5.41, 5.74) is 0. The molecule has 0 bridgehead atoms. The molecule has 1 amide bonds. The summed E-state index contributed by atoms with van der Waals surface area (Å²) in [6, 6.07) is 0.744. The second-order valence-electron chi connectivity index (χ2n) is 7.44. The summed E-state index contributed by atoms with van der Waals surface area (Å²) in [7, 11) is 0. The van der Waals surface area contributed by atoms with Crippen LogP contribution in [0.1, 0.15) is 57.8 Å². The quantitative estimate of drug-likeness (QED) is 0.814. The molecule has 0 spiro atoms. The van der Waals surface area contributed by atoms with Crippen LogP contribution in [0.4, 0.5) is 0 Å². The predicted molar refractivity (Wildman–Crippen MR) is 104 cm³/mol. The van der Waals surface area contributed by atoms with Crippen molar-refractivity contribution in [2.45, 2.75) is 63.8 Å². The van der Waals surface area contributed by atoms with Gasteiger partial charge in [0.15, 0.2) is 0 Å². The van der Waals surface area contributed by atoms with Crippen LogP contribution in [0, 0.1) is 5.92 Å². The van der Waals surface area contributed by atoms with E-state index in [4.69, 9.17) is 0 Å². The molecule has 3 heterocycles. The fraction of sp³-hybridized carbons (Fsp3) is 0.944. The lowest BCUT2D eigenvalue weighted by atomic mass is 9.92. The minimum Gasteiger partial charge on any atom is -0.343 e. The van der Waals surface area contributed by atoms with Crippen molar-refractivity contribution in [3.63, 3.8) is 0 Å². The number of rotatable bonds is 4. The van der Waals surface area contributed by atoms with Gasteiger partial charge in [-0.05, 0) is 77.0 Å². The smallest absolute Gasteiger partial charge is 0.222 e. The van der Waals surface area contributed by atoms with Crippen molar-refractivity contribution in [3.05, 3.63) is 0 Å². The normalized spacial score (nSPS) is 24.1. The van der Waals surface area contributed by atoms with Crippen LogP contribution in [-0.2, 0) is 4.79 Å². The number of hydrogen-bond acceptors (Lipinski definition) is 3. The fourth-order valence-corrected chi connectivity index (χ4v) is 4.42. The molecule has 24 heavy (non-hydrogen) atoms. The number of halogens is 2. The molecule has 3 aliphatic heterocycles. The molecule has 142 valence electrons. The highest BCUT2D eigenvalue weighted by molar-refractivity contribution is 5.85. The Bertz CT molecular complexity index is 350. The maximum Gasteiger partial charge on any atom is 0.222 e. The van der Waals surface area contributed by atoms with E-state index < -0.39 is 0 Å². The first-order valence-electron chi connectivity index (χ1n) is 9.55. The second-order valence-corrected chi connectivity index (χ2v) is 7.44. The largest absolute Gasteiger partial charge is 0.343 e. The van der Waals surface area contributed by atoms with E-state index in [9.17, 15) is 4.79 Å². The lowest BCUT2D eigenvalue weighted by Crippen LogP contribution is -2.48. The molecule has 4 nitrogen and oxygen atoms in total. The van der Waals surface area contributed by atoms with E-state index in [1.807, 2.05) is 0 Å². The lowest BCUT2D eigenvalue weighted by molar-refractivity contribution is -0.133. The van der Waals surface area contributed by atoms with Gasteiger partial charge in [0, 0.05) is 25.6 Å². The number of hydrogen-bond donors (Lipinski definition) is 1. The number of piperidine rings is 3. The van der Waals surface area contributed by atoms with Crippen LogP contribution >= 0.6 is 24.8 Å². The van der Waals surface area contributed by atoms with Gasteiger partial charge in [-0.15, -0.1) is 24.8 Å². The van der Waals surface area contributed by atoms with Crippen LogP contribution in [0.25, 0.3) is 0 Å². The summed E-state index contributed by atoms with van der Waals surface area (Å²) in [5.74, 6) is 1.19. The Morgan fingerprint density at radius 3 is 2.12 bits per heavy atom. The van der Waals surface area contributed by atoms with E-state index in [1.165, 1.54) is 58.0 Å². The molecule has 0 radical (unpaired) electrons. The molecule has 0 aromatic heterocycles. The number of nitrogens with zero attached hydrogens (tertiary/aromatic N) is 2. The van der Waals surface area contributed by atoms with E-state index in [1.54, 1.807) is 0 Å². The van der Waals surface area contributed by atoms with Crippen molar-refractivity contribution in [3.8, 4) is 0 Å². The Kier molecular flexibility index (Phi) is 10.6. The number of likely N-dealkylation sites (tertiary alicyclic amines) is 2. The van der Waals surface area contributed by atoms with Gasteiger partial charge in [0.25, 0.3) is 0 Å². The fourth-order valence-electron chi connectivity index (χ4n) is 4.42. The zero-order valence-corrected chi connectivity index (χ0v) is 16.5. The first kappa shape index (κ1) is 22.0. The van der Waals surface area contributed by atoms with Crippen molar-refractivity contribution in [1.29, 1.82) is 0 Å². The topological polar surface area (TPSA) is 35.6 Å². The SMILES string of the molecule is Cl.Cl.O=C(CCC1CCNCC1)N1CCC(N2CCCCC2)CC1. The first-order chi connectivity index (χ1) is 10.8. The van der Waals surface area contributed by atoms with Crippen LogP contribution < -0.4 is 5.32 Å². The molecule has 3 aliphatic rings. The minimum absolute atomic E-state index is 0. The zero-order valence-electron chi connectivity index (χ0n) is 14.9. The highest BCUT2D eigenvalue weighted by atomic mass is 35.5. The summed E-state index contributed by atoms with van der Waals surface area (Å²) in [4.78, 5) is 17.2. The van der Waals surface area contributed by atoms with E-state index in [0.29, 0.717) is 5.91 Å². The molecule has 0 aromatic rings. The van der Waals surface area contributed by atoms with Gasteiger partial charge in [-0.1, -0.05) is 6.42 Å². The standard InChI is InChI=1S/C18H33N3O.2ClH/c22-18(5-4-16-6-10-19-11-7-16)21-14-8-17(9-15-21)20-12-2-1-3-13-20;;/h16-17,19H,1-15H2;2*1H. The number of nitrogens with one attached hydrogen (secondary N) is 1. The molecular weight excluding hydrogens is 345 g/mol. The van der Waals surface area contributed by atoms with Gasteiger partial charge in [0.2, 0.25) is 5.91 Å². The van der Waals surface area contributed by atoms with Crippen molar-refractivity contribution in [2.75, 3.05) is 39.3 Å². The van der Waals surface area contributed by atoms with E-state index in [2.05, 4.69) is 15.1 Å². The molecule has 0 unspecified atom stereocenters. The highest BCUT2D eigenvalue weighted by Crippen LogP contribution is 2.23. The molecule has 0 atom stereocenters. The predicted octanol–water partition coefficient (Wildman–Crippen LogP) is 3.09. The van der Waals surface area contributed by atoms with E-state index >= 15 is 0 Å². The summed E-state index contributed by atoms with van der Waals surface area (Å²) >= 11 is 0. The van der Waals surface area contributed by atoms with Crippen LogP contribution in [0.2, 0.25) is 0 Å². The molecule has 0 saturated carbocycles. The van der Waals surface area contributed by atoms with Gasteiger partial charge in [0.05, 0.1) is 0 Å². The summed E-state index contributed by atoms with van der Waals surface area (Å²) < 4.78 is 0. The number of amides is 1. The van der Waals surface area contributed by atoms with Gasteiger partial charge in [-0.3, -0.25) is 4.79 Å². The third kappa shape index (κ3) is 6.36. The van der Waals surface area contributed by atoms with Crippen LogP contribution in [0.5, 0.6) is 0 Å². The van der Waals surface area contributed by atoms with Crippen LogP contribution in [0.15, 0.2) is 0 Å². The Hall–Kier alpha value is -0.0300. The zero-order chi connectivity index (χ0) is 15.2. The van der Waals surface area contributed by atoms with Crippen molar-refractivity contribution in [1.82, 2.24) is 15.1 Å². The average Bonchev–Trinajstić information content (AvgIpc) is 2.61. The molecule has 0 aromatic carbocycles. The minimum atomic E-state index is 0. The first-order valence-corrected chi connectivity index (χ1v) is 9.55. The van der Waals surface area contributed by atoms with Crippen LogP contribution in [0.3, 0.4) is 0 Å². The van der Waals surface area contributed by atoms with Crippen molar-refractivity contribution in [2.24, 2.45) is 5.92 Å². The Morgan fingerprint density at radius 1 is 0.875 bits per heavy atom. The van der Waals surface area contributed by atoms with Gasteiger partial charge in [-0.25, -0.2) is 0 Å². The lowest BCUT2D eigenvalue weighted by Gasteiger charge is -2.40. The molecule has 0 aliphatic carbocycles. The monoisotopic (exact) mass is 379 g/mol. The van der Waals surface area contributed by atoms with E-state index in [0.717, 1.165) is 51.0 Å². The Balaban J connectivity index is 0.00000144. The Labute approximate surface area is 159 Å². The van der Waals surface area contributed by atoms with Gasteiger partial charge >= 0.3 is 0 Å². The third-order valence-electron chi connectivity index (χ3n) is 5.95. The van der Waals surface area contributed by atoms with Gasteiger partial charge < -0.3 is 15.1 Å². The molecule has 3 saturated heterocycles. The van der Waals surface area contributed by atoms with E-state index in [-0.39, 0.29) is 24.8 Å². The molecule has 6 heteroatoms. The summed E-state index contributed by atoms with van der Waals surface area (Å²) in [6.45, 7) is 6.83. The molecule has 3 rings (SSSR count). The third-order valence-corrected chi connectivity index (χ3v) is 5.95. The van der Waals surface area contributed by atoms with Crippen molar-refractivity contribution < 1.29 is 4.79 Å². The highest BCUT2D eigenvalue weighted by Gasteiger charge is 2.27. The maximum atomic E-state index is 12.4. The molecule has 1 N–H and O–H groups in total. The number of carbonyl (C=O) groups excluding carboxylic acids is 1. The maximum absolute atomic E-state index is 12.4. The van der Waals surface area contributed by atoms with Crippen molar-refractivity contribution >= 4 is 30.7 Å². The molecule has 3 fully saturated rings. The van der Waals surface area contributed by atoms with Gasteiger partial charge in [-0.2, -0.15) is 0 Å². The number of carbonyl (C=O) groups is 1.